The molecule has 0 bridgehead atoms. The van der Waals surface area contributed by atoms with Crippen molar-refractivity contribution in [1.29, 1.82) is 5.26 Å². The Balaban J connectivity index is 1.21. The normalized spacial score (nSPS) is 28.1. The van der Waals surface area contributed by atoms with E-state index >= 15 is 0 Å². The maximum atomic E-state index is 12.7. The van der Waals surface area contributed by atoms with E-state index in [9.17, 15) is 4.79 Å². The SMILES string of the molecule is N#Cc1ccc(OC2CC3CC(N4Cc5ncncc5C4=O)CC3C2)cc1Cl. The van der Waals surface area contributed by atoms with Crippen LogP contribution in [0.25, 0.3) is 0 Å². The van der Waals surface area contributed by atoms with Gasteiger partial charge in [0.1, 0.15) is 18.1 Å². The van der Waals surface area contributed by atoms with Crippen molar-refractivity contribution in [1.82, 2.24) is 14.9 Å². The number of nitrogens with zero attached hydrogens (tertiary/aromatic N) is 4. The number of halogens is 1. The van der Waals surface area contributed by atoms with E-state index in [1.54, 1.807) is 18.3 Å². The molecule has 7 heteroatoms. The topological polar surface area (TPSA) is 79.1 Å². The third-order valence-electron chi connectivity index (χ3n) is 6.36. The molecule has 2 saturated carbocycles. The van der Waals surface area contributed by atoms with Crippen molar-refractivity contribution in [3.05, 3.63) is 52.6 Å². The molecule has 2 heterocycles. The highest BCUT2D eigenvalue weighted by Gasteiger charge is 2.46. The summed E-state index contributed by atoms with van der Waals surface area (Å²) in [7, 11) is 0. The van der Waals surface area contributed by atoms with Gasteiger partial charge in [0.05, 0.1) is 34.5 Å². The number of carbonyl (C=O) groups is 1. The van der Waals surface area contributed by atoms with E-state index in [0.717, 1.165) is 31.4 Å². The summed E-state index contributed by atoms with van der Waals surface area (Å²) in [6.07, 6.45) is 7.33. The van der Waals surface area contributed by atoms with E-state index in [0.29, 0.717) is 40.3 Å². The molecule has 2 fully saturated rings. The van der Waals surface area contributed by atoms with Crippen molar-refractivity contribution >= 4 is 17.5 Å². The molecule has 2 aromatic rings. The number of aromatic nitrogens is 2. The fourth-order valence-electron chi connectivity index (χ4n) is 5.07. The Kier molecular flexibility index (Phi) is 4.21. The number of ether oxygens (including phenoxy) is 1. The molecule has 28 heavy (non-hydrogen) atoms. The molecule has 1 aromatic heterocycles. The first-order valence-electron chi connectivity index (χ1n) is 9.58. The summed E-state index contributed by atoms with van der Waals surface area (Å²) in [5.74, 6) is 1.94. The molecule has 0 spiro atoms. The summed E-state index contributed by atoms with van der Waals surface area (Å²) >= 11 is 6.11. The predicted octanol–water partition coefficient (Wildman–Crippen LogP) is 3.59. The fourth-order valence-corrected chi connectivity index (χ4v) is 5.29. The maximum absolute atomic E-state index is 12.7. The Bertz CT molecular complexity index is 975. The summed E-state index contributed by atoms with van der Waals surface area (Å²) in [5.41, 5.74) is 1.95. The lowest BCUT2D eigenvalue weighted by Crippen LogP contribution is -2.34. The third-order valence-corrected chi connectivity index (χ3v) is 6.67. The molecule has 0 N–H and O–H groups in total. The summed E-state index contributed by atoms with van der Waals surface area (Å²) in [6, 6.07) is 7.57. The smallest absolute Gasteiger partial charge is 0.257 e. The number of rotatable bonds is 3. The Labute approximate surface area is 168 Å². The summed E-state index contributed by atoms with van der Waals surface area (Å²) in [4.78, 5) is 22.9. The number of hydrogen-bond donors (Lipinski definition) is 0. The standard InChI is InChI=1S/C21H19ClN4O2/c22-19-7-16(2-1-12(19)8-23)28-17-5-13-3-15(4-14(13)6-17)26-10-20-18(21(26)27)9-24-11-25-20/h1-2,7,9,11,13-15,17H,3-6,10H2. The molecule has 0 radical (unpaired) electrons. The fraction of sp³-hybridized carbons (Fsp3) is 0.429. The van der Waals surface area contributed by atoms with Crippen molar-refractivity contribution in [2.75, 3.05) is 0 Å². The minimum absolute atomic E-state index is 0.0700. The van der Waals surface area contributed by atoms with Crippen molar-refractivity contribution < 1.29 is 9.53 Å². The Morgan fingerprint density at radius 2 is 2.00 bits per heavy atom. The first kappa shape index (κ1) is 17.4. The van der Waals surface area contributed by atoms with Crippen LogP contribution in [0.1, 0.15) is 47.3 Å². The monoisotopic (exact) mass is 394 g/mol. The molecule has 2 atom stereocenters. The van der Waals surface area contributed by atoms with Gasteiger partial charge in [-0.2, -0.15) is 5.26 Å². The van der Waals surface area contributed by atoms with Gasteiger partial charge in [-0.15, -0.1) is 0 Å². The Morgan fingerprint density at radius 1 is 1.21 bits per heavy atom. The predicted molar refractivity (Wildman–Crippen MR) is 102 cm³/mol. The van der Waals surface area contributed by atoms with E-state index in [-0.39, 0.29) is 18.1 Å². The van der Waals surface area contributed by atoms with Crippen LogP contribution in [0.4, 0.5) is 0 Å². The van der Waals surface area contributed by atoms with E-state index in [1.165, 1.54) is 6.33 Å². The van der Waals surface area contributed by atoms with Gasteiger partial charge in [0.2, 0.25) is 0 Å². The Morgan fingerprint density at radius 3 is 2.68 bits per heavy atom. The van der Waals surface area contributed by atoms with Crippen LogP contribution in [0.2, 0.25) is 5.02 Å². The molecule has 5 rings (SSSR count). The van der Waals surface area contributed by atoms with Crippen LogP contribution < -0.4 is 4.74 Å². The molecule has 3 aliphatic rings. The summed E-state index contributed by atoms with van der Waals surface area (Å²) in [5, 5.41) is 9.41. The number of hydrogen-bond acceptors (Lipinski definition) is 5. The van der Waals surface area contributed by atoms with Crippen LogP contribution in [-0.2, 0) is 6.54 Å². The zero-order chi connectivity index (χ0) is 19.3. The van der Waals surface area contributed by atoms with Crippen LogP contribution in [-0.4, -0.2) is 32.9 Å². The number of fused-ring (bicyclic) bond motifs is 2. The Hall–Kier alpha value is -2.65. The lowest BCUT2D eigenvalue weighted by atomic mass is 10.0. The molecule has 1 aliphatic heterocycles. The van der Waals surface area contributed by atoms with Crippen molar-refractivity contribution in [2.45, 2.75) is 44.4 Å². The quantitative estimate of drug-likeness (QED) is 0.794. The summed E-state index contributed by atoms with van der Waals surface area (Å²) < 4.78 is 6.13. The lowest BCUT2D eigenvalue weighted by Gasteiger charge is -2.25. The number of carbonyl (C=O) groups excluding carboxylic acids is 1. The zero-order valence-corrected chi connectivity index (χ0v) is 16.0. The number of amides is 1. The van der Waals surface area contributed by atoms with Crippen LogP contribution in [0, 0.1) is 23.2 Å². The first-order chi connectivity index (χ1) is 13.6. The zero-order valence-electron chi connectivity index (χ0n) is 15.2. The van der Waals surface area contributed by atoms with Crippen LogP contribution in [0.5, 0.6) is 5.75 Å². The van der Waals surface area contributed by atoms with E-state index in [1.807, 2.05) is 11.0 Å². The largest absolute Gasteiger partial charge is 0.490 e. The van der Waals surface area contributed by atoms with Gasteiger partial charge in [0.25, 0.3) is 5.91 Å². The highest BCUT2D eigenvalue weighted by molar-refractivity contribution is 6.31. The highest BCUT2D eigenvalue weighted by Crippen LogP contribution is 2.47. The molecule has 2 unspecified atom stereocenters. The molecular formula is C21H19ClN4O2. The summed E-state index contributed by atoms with van der Waals surface area (Å²) in [6.45, 7) is 0.602. The third kappa shape index (κ3) is 2.91. The molecule has 0 saturated heterocycles. The van der Waals surface area contributed by atoms with E-state index in [4.69, 9.17) is 21.6 Å². The van der Waals surface area contributed by atoms with Crippen molar-refractivity contribution in [3.8, 4) is 11.8 Å². The van der Waals surface area contributed by atoms with Gasteiger partial charge >= 0.3 is 0 Å². The first-order valence-corrected chi connectivity index (χ1v) is 9.96. The molecule has 142 valence electrons. The van der Waals surface area contributed by atoms with E-state index < -0.39 is 0 Å². The second-order valence-electron chi connectivity index (χ2n) is 7.93. The molecule has 1 amide bonds. The average Bonchev–Trinajstić information content (AvgIpc) is 3.34. The van der Waals surface area contributed by atoms with Gasteiger partial charge in [0.15, 0.2) is 0 Å². The van der Waals surface area contributed by atoms with Gasteiger partial charge < -0.3 is 9.64 Å². The molecule has 1 aromatic carbocycles. The number of nitriles is 1. The van der Waals surface area contributed by atoms with Crippen LogP contribution in [0.15, 0.2) is 30.7 Å². The number of benzene rings is 1. The maximum Gasteiger partial charge on any atom is 0.257 e. The second-order valence-corrected chi connectivity index (χ2v) is 8.33. The van der Waals surface area contributed by atoms with Crippen LogP contribution in [0.3, 0.4) is 0 Å². The molecule has 6 nitrogen and oxygen atoms in total. The van der Waals surface area contributed by atoms with Crippen molar-refractivity contribution in [3.63, 3.8) is 0 Å². The highest BCUT2D eigenvalue weighted by atomic mass is 35.5. The lowest BCUT2D eigenvalue weighted by molar-refractivity contribution is 0.0692. The minimum Gasteiger partial charge on any atom is -0.490 e. The van der Waals surface area contributed by atoms with Gasteiger partial charge in [-0.3, -0.25) is 4.79 Å². The minimum atomic E-state index is 0.0700. The van der Waals surface area contributed by atoms with Crippen LogP contribution >= 0.6 is 11.6 Å². The van der Waals surface area contributed by atoms with Gasteiger partial charge in [0, 0.05) is 18.3 Å². The molecular weight excluding hydrogens is 376 g/mol. The van der Waals surface area contributed by atoms with Gasteiger partial charge in [-0.05, 0) is 49.7 Å². The van der Waals surface area contributed by atoms with E-state index in [2.05, 4.69) is 16.0 Å². The van der Waals surface area contributed by atoms with Gasteiger partial charge in [-0.1, -0.05) is 11.6 Å². The average molecular weight is 395 g/mol. The van der Waals surface area contributed by atoms with Gasteiger partial charge in [-0.25, -0.2) is 9.97 Å². The second kappa shape index (κ2) is 6.75. The van der Waals surface area contributed by atoms with Crippen molar-refractivity contribution in [2.24, 2.45) is 11.8 Å². The molecule has 2 aliphatic carbocycles.